The molecule has 1 saturated carbocycles. The predicted octanol–water partition coefficient (Wildman–Crippen LogP) is 0.734. The van der Waals surface area contributed by atoms with E-state index >= 15 is 0 Å². The van der Waals surface area contributed by atoms with Crippen LogP contribution in [0.25, 0.3) is 0 Å². The van der Waals surface area contributed by atoms with Crippen LogP contribution in [0.15, 0.2) is 18.6 Å². The van der Waals surface area contributed by atoms with E-state index in [-0.39, 0.29) is 30.6 Å². The van der Waals surface area contributed by atoms with E-state index in [1.807, 2.05) is 0 Å². The van der Waals surface area contributed by atoms with Crippen molar-refractivity contribution in [2.45, 2.75) is 77.9 Å². The van der Waals surface area contributed by atoms with Crippen LogP contribution in [0, 0.1) is 17.3 Å². The summed E-state index contributed by atoms with van der Waals surface area (Å²) in [7, 11) is 0. The molecule has 208 valence electrons. The van der Waals surface area contributed by atoms with E-state index in [2.05, 4.69) is 25.9 Å². The highest BCUT2D eigenvalue weighted by Crippen LogP contribution is 2.28. The summed E-state index contributed by atoms with van der Waals surface area (Å²) in [6, 6.07) is -2.69. The fourth-order valence-electron chi connectivity index (χ4n) is 5.13. The van der Waals surface area contributed by atoms with Crippen molar-refractivity contribution in [3.8, 4) is 0 Å². The molecular weight excluding hydrogens is 492 g/mol. The quantitative estimate of drug-likeness (QED) is 0.381. The number of amides is 4. The second-order valence-electron chi connectivity index (χ2n) is 11.2. The Labute approximate surface area is 222 Å². The van der Waals surface area contributed by atoms with Crippen LogP contribution in [0.4, 0.5) is 0 Å². The number of hydrogen-bond donors (Lipinski definition) is 4. The van der Waals surface area contributed by atoms with Gasteiger partial charge in [-0.3, -0.25) is 29.0 Å². The molecule has 0 spiro atoms. The predicted molar refractivity (Wildman–Crippen MR) is 137 cm³/mol. The average Bonchev–Trinajstić information content (AvgIpc) is 3.30. The molecule has 0 bridgehead atoms. The Bertz CT molecular complexity index is 1040. The van der Waals surface area contributed by atoms with Crippen molar-refractivity contribution >= 4 is 29.6 Å². The van der Waals surface area contributed by atoms with Crippen LogP contribution < -0.4 is 16.0 Å². The summed E-state index contributed by atoms with van der Waals surface area (Å²) in [5.74, 6) is -4.02. The van der Waals surface area contributed by atoms with Gasteiger partial charge in [0.25, 0.3) is 5.91 Å². The van der Waals surface area contributed by atoms with Gasteiger partial charge in [0.05, 0.1) is 18.2 Å². The number of carbonyl (C=O) groups is 5. The van der Waals surface area contributed by atoms with Gasteiger partial charge in [-0.15, -0.1) is 0 Å². The maximum atomic E-state index is 13.6. The number of rotatable bonds is 8. The first-order valence-electron chi connectivity index (χ1n) is 13.0. The zero-order valence-electron chi connectivity index (χ0n) is 22.4. The summed E-state index contributed by atoms with van der Waals surface area (Å²) >= 11 is 0. The summed E-state index contributed by atoms with van der Waals surface area (Å²) in [4.78, 5) is 72.9. The fraction of sp³-hybridized carbons (Fsp3) is 0.654. The lowest BCUT2D eigenvalue weighted by atomic mass is 9.82. The molecule has 12 nitrogen and oxygen atoms in total. The van der Waals surface area contributed by atoms with Gasteiger partial charge in [-0.25, -0.2) is 4.98 Å². The lowest BCUT2D eigenvalue weighted by molar-refractivity contribution is -0.142. The van der Waals surface area contributed by atoms with Crippen molar-refractivity contribution < 1.29 is 29.1 Å². The van der Waals surface area contributed by atoms with Crippen LogP contribution in [0.1, 0.15) is 70.3 Å². The van der Waals surface area contributed by atoms with Crippen LogP contribution in [0.2, 0.25) is 0 Å². The maximum absolute atomic E-state index is 13.6. The summed E-state index contributed by atoms with van der Waals surface area (Å²) in [6.45, 7) is 6.79. The number of aromatic nitrogens is 2. The standard InChI is InChI=1S/C26H38N6O6/c1-15(33)32-13-17(25(37)38)19(14-32)29-24(36)21(26(2,3)4)31-23(35)20(16-8-6-5-7-9-16)30-22(34)18-12-27-10-11-28-18/h10-12,16-17,19-21H,5-9,13-14H2,1-4H3,(H,29,36)(H,30,34)(H,31,35)(H,37,38)/t17-,19+,20+,21?/m1/s1. The van der Waals surface area contributed by atoms with Crippen LogP contribution in [0.5, 0.6) is 0 Å². The van der Waals surface area contributed by atoms with Gasteiger partial charge in [0.15, 0.2) is 0 Å². The first-order valence-corrected chi connectivity index (χ1v) is 13.0. The SMILES string of the molecule is CC(=O)N1C[C@H](NC(=O)C(NC(=O)[C@@H](NC(=O)c2cnccn2)C2CCCCC2)C(C)(C)C)[C@H](C(=O)O)C1. The molecule has 3 rings (SSSR count). The highest BCUT2D eigenvalue weighted by Gasteiger charge is 2.43. The molecule has 0 radical (unpaired) electrons. The highest BCUT2D eigenvalue weighted by molar-refractivity contribution is 5.97. The summed E-state index contributed by atoms with van der Waals surface area (Å²) in [5, 5.41) is 18.0. The minimum Gasteiger partial charge on any atom is -0.481 e. The van der Waals surface area contributed by atoms with E-state index in [9.17, 15) is 29.1 Å². The van der Waals surface area contributed by atoms with Crippen molar-refractivity contribution in [2.24, 2.45) is 17.3 Å². The van der Waals surface area contributed by atoms with Crippen molar-refractivity contribution in [1.29, 1.82) is 0 Å². The number of likely N-dealkylation sites (tertiary alicyclic amines) is 1. The average molecular weight is 531 g/mol. The highest BCUT2D eigenvalue weighted by atomic mass is 16.4. The number of carbonyl (C=O) groups excluding carboxylic acids is 4. The minimum absolute atomic E-state index is 0.000319. The normalized spacial score (nSPS) is 21.7. The Balaban J connectivity index is 1.78. The Morgan fingerprint density at radius 3 is 2.24 bits per heavy atom. The van der Waals surface area contributed by atoms with E-state index in [0.29, 0.717) is 0 Å². The molecule has 1 unspecified atom stereocenters. The van der Waals surface area contributed by atoms with Crippen LogP contribution in [0.3, 0.4) is 0 Å². The van der Waals surface area contributed by atoms with E-state index in [1.54, 1.807) is 20.8 Å². The Morgan fingerprint density at radius 1 is 1.00 bits per heavy atom. The minimum atomic E-state index is -1.11. The van der Waals surface area contributed by atoms with Crippen molar-refractivity contribution in [3.63, 3.8) is 0 Å². The van der Waals surface area contributed by atoms with Crippen LogP contribution >= 0.6 is 0 Å². The number of nitrogens with one attached hydrogen (secondary N) is 3. The van der Waals surface area contributed by atoms with Gasteiger partial charge in [0.2, 0.25) is 17.7 Å². The Hall–Kier alpha value is -3.57. The topological polar surface area (TPSA) is 171 Å². The summed E-state index contributed by atoms with van der Waals surface area (Å²) < 4.78 is 0. The molecule has 2 aliphatic rings. The molecule has 2 heterocycles. The molecule has 2 fully saturated rings. The van der Waals surface area contributed by atoms with Crippen molar-refractivity contribution in [2.75, 3.05) is 13.1 Å². The first-order chi connectivity index (χ1) is 17.9. The lowest BCUT2D eigenvalue weighted by Crippen LogP contribution is -2.61. The largest absolute Gasteiger partial charge is 0.481 e. The van der Waals surface area contributed by atoms with E-state index < -0.39 is 53.1 Å². The lowest BCUT2D eigenvalue weighted by Gasteiger charge is -2.35. The number of carboxylic acids is 1. The van der Waals surface area contributed by atoms with Gasteiger partial charge in [-0.05, 0) is 24.2 Å². The van der Waals surface area contributed by atoms with Crippen molar-refractivity contribution in [3.05, 3.63) is 24.3 Å². The molecular formula is C26H38N6O6. The van der Waals surface area contributed by atoms with Gasteiger partial charge >= 0.3 is 5.97 Å². The fourth-order valence-corrected chi connectivity index (χ4v) is 5.13. The van der Waals surface area contributed by atoms with E-state index in [4.69, 9.17) is 0 Å². The van der Waals surface area contributed by atoms with Gasteiger partial charge < -0.3 is 26.0 Å². The third-order valence-electron chi connectivity index (χ3n) is 7.31. The smallest absolute Gasteiger partial charge is 0.310 e. The summed E-state index contributed by atoms with van der Waals surface area (Å²) in [6.07, 6.45) is 8.60. The number of carboxylic acid groups (broad SMARTS) is 1. The molecule has 12 heteroatoms. The van der Waals surface area contributed by atoms with Gasteiger partial charge in [0, 0.05) is 32.4 Å². The Kier molecular flexibility index (Phi) is 9.40. The number of aliphatic carboxylic acids is 1. The van der Waals surface area contributed by atoms with Gasteiger partial charge in [-0.2, -0.15) is 0 Å². The van der Waals surface area contributed by atoms with Crippen LogP contribution in [-0.2, 0) is 19.2 Å². The molecule has 1 aliphatic carbocycles. The molecule has 1 aliphatic heterocycles. The Morgan fingerprint density at radius 2 is 1.68 bits per heavy atom. The maximum Gasteiger partial charge on any atom is 0.310 e. The van der Waals surface area contributed by atoms with Crippen LogP contribution in [-0.4, -0.2) is 80.8 Å². The molecule has 4 amide bonds. The first kappa shape index (κ1) is 29.0. The van der Waals surface area contributed by atoms with Crippen molar-refractivity contribution in [1.82, 2.24) is 30.8 Å². The van der Waals surface area contributed by atoms with Gasteiger partial charge in [0.1, 0.15) is 17.8 Å². The van der Waals surface area contributed by atoms with E-state index in [1.165, 1.54) is 30.4 Å². The molecule has 0 aromatic carbocycles. The molecule has 1 aromatic heterocycles. The zero-order chi connectivity index (χ0) is 28.0. The zero-order valence-corrected chi connectivity index (χ0v) is 22.4. The molecule has 38 heavy (non-hydrogen) atoms. The molecule has 4 N–H and O–H groups in total. The van der Waals surface area contributed by atoms with E-state index in [0.717, 1.165) is 32.1 Å². The third kappa shape index (κ3) is 7.26. The second kappa shape index (κ2) is 12.3. The second-order valence-corrected chi connectivity index (χ2v) is 11.2. The van der Waals surface area contributed by atoms with Gasteiger partial charge in [-0.1, -0.05) is 40.0 Å². The number of nitrogens with zero attached hydrogens (tertiary/aromatic N) is 3. The number of hydrogen-bond acceptors (Lipinski definition) is 7. The summed E-state index contributed by atoms with van der Waals surface area (Å²) in [5.41, 5.74) is -0.647. The third-order valence-corrected chi connectivity index (χ3v) is 7.31. The monoisotopic (exact) mass is 530 g/mol. The molecule has 4 atom stereocenters. The molecule has 1 saturated heterocycles. The molecule has 1 aromatic rings.